The van der Waals surface area contributed by atoms with E-state index >= 15 is 0 Å². The van der Waals surface area contributed by atoms with Gasteiger partial charge in [-0.2, -0.15) is 4.72 Å². The van der Waals surface area contributed by atoms with E-state index in [9.17, 15) is 13.2 Å². The highest BCUT2D eigenvalue weighted by molar-refractivity contribution is 7.88. The zero-order valence-corrected chi connectivity index (χ0v) is 11.6. The van der Waals surface area contributed by atoms with Gasteiger partial charge in [0.1, 0.15) is 17.8 Å². The molecule has 2 atom stereocenters. The molecule has 2 aliphatic rings. The van der Waals surface area contributed by atoms with E-state index in [1.54, 1.807) is 6.08 Å². The molecular formula is C11H17N3O4S. The van der Waals surface area contributed by atoms with Crippen molar-refractivity contribution in [2.24, 2.45) is 10.9 Å². The number of hydrogen-bond donors (Lipinski definition) is 2. The summed E-state index contributed by atoms with van der Waals surface area (Å²) in [6, 6.07) is 0. The summed E-state index contributed by atoms with van der Waals surface area (Å²) >= 11 is 0. The van der Waals surface area contributed by atoms with E-state index in [0.717, 1.165) is 19.1 Å². The van der Waals surface area contributed by atoms with Crippen LogP contribution in [0.2, 0.25) is 0 Å². The molecule has 7 nitrogen and oxygen atoms in total. The molecule has 1 aliphatic carbocycles. The lowest BCUT2D eigenvalue weighted by Crippen LogP contribution is -2.47. The number of nitrogens with zero attached hydrogens (tertiary/aromatic N) is 1. The maximum Gasteiger partial charge on any atom is 0.234 e. The van der Waals surface area contributed by atoms with Crippen molar-refractivity contribution in [3.63, 3.8) is 0 Å². The third-order valence-electron chi connectivity index (χ3n) is 2.80. The monoisotopic (exact) mass is 287 g/mol. The maximum absolute atomic E-state index is 11.9. The van der Waals surface area contributed by atoms with E-state index in [0.29, 0.717) is 5.76 Å². The van der Waals surface area contributed by atoms with Crippen LogP contribution in [-0.2, 0) is 19.6 Å². The molecule has 1 amide bonds. The van der Waals surface area contributed by atoms with Gasteiger partial charge in [-0.05, 0) is 18.9 Å². The Labute approximate surface area is 112 Å². The number of rotatable bonds is 5. The molecule has 1 saturated carbocycles. The van der Waals surface area contributed by atoms with Crippen LogP contribution >= 0.6 is 0 Å². The van der Waals surface area contributed by atoms with Crippen LogP contribution < -0.4 is 10.0 Å². The van der Waals surface area contributed by atoms with Crippen molar-refractivity contribution in [2.75, 3.05) is 13.3 Å². The summed E-state index contributed by atoms with van der Waals surface area (Å²) < 4.78 is 30.6. The van der Waals surface area contributed by atoms with Crippen molar-refractivity contribution in [3.05, 3.63) is 11.8 Å². The van der Waals surface area contributed by atoms with Crippen LogP contribution in [0, 0.1) is 5.92 Å². The number of sulfonamides is 1. The second-order valence-electron chi connectivity index (χ2n) is 4.61. The van der Waals surface area contributed by atoms with Crippen molar-refractivity contribution in [1.82, 2.24) is 10.0 Å². The first-order chi connectivity index (χ1) is 8.90. The number of carbonyl (C=O) groups excluding carboxylic acids is 1. The van der Waals surface area contributed by atoms with Crippen LogP contribution in [0.4, 0.5) is 0 Å². The van der Waals surface area contributed by atoms with Crippen LogP contribution in [0.1, 0.15) is 12.8 Å². The first-order valence-electron chi connectivity index (χ1n) is 5.99. The zero-order chi connectivity index (χ0) is 14.0. The summed E-state index contributed by atoms with van der Waals surface area (Å²) in [7, 11) is -1.97. The van der Waals surface area contributed by atoms with Crippen LogP contribution in [-0.4, -0.2) is 46.1 Å². The summed E-state index contributed by atoms with van der Waals surface area (Å²) in [5.41, 5.74) is 0. The topological polar surface area (TPSA) is 96.9 Å². The lowest BCUT2D eigenvalue weighted by atomic mass is 10.0. The number of carbonyl (C=O) groups is 1. The molecule has 0 saturated heterocycles. The van der Waals surface area contributed by atoms with Crippen molar-refractivity contribution in [3.8, 4) is 0 Å². The highest BCUT2D eigenvalue weighted by Gasteiger charge is 2.38. The lowest BCUT2D eigenvalue weighted by Gasteiger charge is -2.27. The van der Waals surface area contributed by atoms with Gasteiger partial charge in [0.05, 0.1) is 12.4 Å². The predicted octanol–water partition coefficient (Wildman–Crippen LogP) is -0.629. The Kier molecular flexibility index (Phi) is 3.91. The quantitative estimate of drug-likeness (QED) is 0.703. The Morgan fingerprint density at radius 2 is 2.16 bits per heavy atom. The summed E-state index contributed by atoms with van der Waals surface area (Å²) in [6.07, 6.45) is 5.28. The summed E-state index contributed by atoms with van der Waals surface area (Å²) in [5, 5.41) is 2.51. The summed E-state index contributed by atoms with van der Waals surface area (Å²) in [4.78, 5) is 15.9. The van der Waals surface area contributed by atoms with Gasteiger partial charge in [-0.25, -0.2) is 8.42 Å². The molecule has 0 aromatic heterocycles. The Morgan fingerprint density at radius 3 is 2.68 bits per heavy atom. The molecule has 0 aromatic rings. The second kappa shape index (κ2) is 5.30. The van der Waals surface area contributed by atoms with Gasteiger partial charge in [0.25, 0.3) is 0 Å². The van der Waals surface area contributed by atoms with E-state index < -0.39 is 22.1 Å². The maximum atomic E-state index is 11.9. The predicted molar refractivity (Wildman–Crippen MR) is 70.0 cm³/mol. The zero-order valence-electron chi connectivity index (χ0n) is 10.8. The third kappa shape index (κ3) is 3.77. The summed E-state index contributed by atoms with van der Waals surface area (Å²) in [5.74, 6) is -0.645. The molecular weight excluding hydrogens is 270 g/mol. The largest absolute Gasteiger partial charge is 0.494 e. The molecule has 0 spiro atoms. The molecule has 2 unspecified atom stereocenters. The van der Waals surface area contributed by atoms with Gasteiger partial charge < -0.3 is 10.1 Å². The van der Waals surface area contributed by atoms with E-state index in [4.69, 9.17) is 4.74 Å². The number of hydrogen-bond acceptors (Lipinski definition) is 5. The molecule has 8 heteroatoms. The molecule has 19 heavy (non-hydrogen) atoms. The smallest absolute Gasteiger partial charge is 0.234 e. The Hall–Kier alpha value is -1.41. The number of aliphatic imine (C=N–C) groups is 1. The van der Waals surface area contributed by atoms with Gasteiger partial charge in [-0.3, -0.25) is 9.79 Å². The lowest BCUT2D eigenvalue weighted by molar-refractivity contribution is -0.125. The van der Waals surface area contributed by atoms with Crippen molar-refractivity contribution in [1.29, 1.82) is 0 Å². The number of dihydropyridines is 1. The number of ether oxygens (including phenoxy) is 1. The average Bonchev–Trinajstić information content (AvgIpc) is 3.10. The molecule has 0 radical (unpaired) electrons. The van der Waals surface area contributed by atoms with Crippen LogP contribution in [0.15, 0.2) is 16.8 Å². The minimum atomic E-state index is -3.46. The molecule has 1 fully saturated rings. The number of amides is 1. The number of allylic oxidation sites excluding steroid dienone is 1. The molecule has 2 N–H and O–H groups in total. The average molecular weight is 287 g/mol. The first-order valence-corrected chi connectivity index (χ1v) is 7.89. The fourth-order valence-electron chi connectivity index (χ4n) is 1.79. The van der Waals surface area contributed by atoms with Crippen LogP contribution in [0.5, 0.6) is 0 Å². The molecule has 2 rings (SSSR count). The molecule has 106 valence electrons. The van der Waals surface area contributed by atoms with Gasteiger partial charge >= 0.3 is 0 Å². The molecule has 1 aliphatic heterocycles. The first kappa shape index (κ1) is 14.0. The molecule has 1 heterocycles. The van der Waals surface area contributed by atoms with E-state index in [1.807, 2.05) is 0 Å². The second-order valence-corrected chi connectivity index (χ2v) is 6.39. The van der Waals surface area contributed by atoms with Crippen LogP contribution in [0.3, 0.4) is 0 Å². The van der Waals surface area contributed by atoms with Gasteiger partial charge in [-0.15, -0.1) is 0 Å². The third-order valence-corrected chi connectivity index (χ3v) is 3.47. The summed E-state index contributed by atoms with van der Waals surface area (Å²) in [6.45, 7) is 0. The number of nitrogens with one attached hydrogen (secondary N) is 2. The van der Waals surface area contributed by atoms with Gasteiger partial charge in [0, 0.05) is 13.3 Å². The standard InChI is InChI=1S/C11H17N3O4S/c1-12-11(15)9-8(18-7-3-4-7)5-6-13-10(9)14-19(2,16)17/h5-7,9-10,14H,3-4H2,1-2H3,(H,12,15). The Bertz CT molecular complexity index is 522. The minimum absolute atomic E-state index is 0.129. The van der Waals surface area contributed by atoms with Gasteiger partial charge in [0.15, 0.2) is 0 Å². The van der Waals surface area contributed by atoms with Gasteiger partial charge in [0.2, 0.25) is 15.9 Å². The fourth-order valence-corrected chi connectivity index (χ4v) is 2.43. The van der Waals surface area contributed by atoms with Crippen molar-refractivity contribution in [2.45, 2.75) is 25.1 Å². The Balaban J connectivity index is 2.20. The highest BCUT2D eigenvalue weighted by atomic mass is 32.2. The molecule has 0 aromatic carbocycles. The normalized spacial score (nSPS) is 26.7. The van der Waals surface area contributed by atoms with Crippen molar-refractivity contribution < 1.29 is 17.9 Å². The fraction of sp³-hybridized carbons (Fsp3) is 0.636. The van der Waals surface area contributed by atoms with Gasteiger partial charge in [-0.1, -0.05) is 0 Å². The Morgan fingerprint density at radius 1 is 1.47 bits per heavy atom. The molecule has 0 bridgehead atoms. The highest BCUT2D eigenvalue weighted by Crippen LogP contribution is 2.31. The van der Waals surface area contributed by atoms with Crippen molar-refractivity contribution >= 4 is 22.1 Å². The minimum Gasteiger partial charge on any atom is -0.494 e. The van der Waals surface area contributed by atoms with Crippen LogP contribution in [0.25, 0.3) is 0 Å². The SMILES string of the molecule is CNC(=O)C1C(OC2CC2)=CC=NC1NS(C)(=O)=O. The van der Waals surface area contributed by atoms with E-state index in [2.05, 4.69) is 15.0 Å². The van der Waals surface area contributed by atoms with E-state index in [1.165, 1.54) is 13.3 Å². The van der Waals surface area contributed by atoms with E-state index in [-0.39, 0.29) is 12.0 Å².